The van der Waals surface area contributed by atoms with Gasteiger partial charge in [-0.1, -0.05) is 0 Å². The van der Waals surface area contributed by atoms with Gasteiger partial charge in [-0.2, -0.15) is 0 Å². The molecular formula is C10H18O3. The molecule has 13 heavy (non-hydrogen) atoms. The van der Waals surface area contributed by atoms with Crippen LogP contribution in [0.25, 0.3) is 0 Å². The van der Waals surface area contributed by atoms with Gasteiger partial charge in [-0.3, -0.25) is 0 Å². The van der Waals surface area contributed by atoms with Crippen molar-refractivity contribution < 1.29 is 14.6 Å². The Bertz CT molecular complexity index is 191. The van der Waals surface area contributed by atoms with Crippen LogP contribution in [0.1, 0.15) is 39.5 Å². The molecule has 0 bridgehead atoms. The molecule has 76 valence electrons. The highest BCUT2D eigenvalue weighted by Gasteiger charge is 2.54. The summed E-state index contributed by atoms with van der Waals surface area (Å²) in [6.45, 7) is 4.21. The second-order valence-corrected chi connectivity index (χ2v) is 4.61. The first-order chi connectivity index (χ1) is 6.02. The van der Waals surface area contributed by atoms with E-state index >= 15 is 0 Å². The molecule has 1 aliphatic heterocycles. The zero-order valence-electron chi connectivity index (χ0n) is 8.38. The van der Waals surface area contributed by atoms with E-state index in [9.17, 15) is 5.11 Å². The summed E-state index contributed by atoms with van der Waals surface area (Å²) in [6.07, 6.45) is 4.34. The van der Waals surface area contributed by atoms with Crippen molar-refractivity contribution in [2.45, 2.75) is 57.0 Å². The summed E-state index contributed by atoms with van der Waals surface area (Å²) < 4.78 is 11.3. The molecule has 1 saturated carbocycles. The molecule has 2 fully saturated rings. The standard InChI is InChI=1S/C10H18O3/c1-9(2,11)13-8-4-3-7-12-10(8)5-6-10/h8,11H,3-7H2,1-2H3/t8-/m0/s1. The third-order valence-corrected chi connectivity index (χ3v) is 2.76. The first-order valence-electron chi connectivity index (χ1n) is 5.06. The highest BCUT2D eigenvalue weighted by atomic mass is 16.6. The first kappa shape index (κ1) is 9.44. The number of ether oxygens (including phenoxy) is 2. The Hall–Kier alpha value is -0.120. The van der Waals surface area contributed by atoms with Gasteiger partial charge in [0.2, 0.25) is 0 Å². The van der Waals surface area contributed by atoms with E-state index in [1.54, 1.807) is 13.8 Å². The van der Waals surface area contributed by atoms with Crippen molar-refractivity contribution in [1.82, 2.24) is 0 Å². The summed E-state index contributed by atoms with van der Waals surface area (Å²) in [5.74, 6) is -1.03. The molecular weight excluding hydrogens is 168 g/mol. The van der Waals surface area contributed by atoms with E-state index in [1.807, 2.05) is 0 Å². The highest BCUT2D eigenvalue weighted by Crippen LogP contribution is 2.48. The smallest absolute Gasteiger partial charge is 0.160 e. The second kappa shape index (κ2) is 2.94. The average molecular weight is 186 g/mol. The minimum atomic E-state index is -1.03. The molecule has 0 aromatic rings. The summed E-state index contributed by atoms with van der Waals surface area (Å²) in [5.41, 5.74) is -0.0295. The molecule has 0 aromatic heterocycles. The molecule has 0 radical (unpaired) electrons. The summed E-state index contributed by atoms with van der Waals surface area (Å²) >= 11 is 0. The van der Waals surface area contributed by atoms with E-state index in [-0.39, 0.29) is 11.7 Å². The average Bonchev–Trinajstić information content (AvgIpc) is 2.73. The van der Waals surface area contributed by atoms with Gasteiger partial charge in [0.15, 0.2) is 5.79 Å². The van der Waals surface area contributed by atoms with Crippen molar-refractivity contribution in [2.75, 3.05) is 6.61 Å². The molecule has 2 rings (SSSR count). The Morgan fingerprint density at radius 3 is 2.69 bits per heavy atom. The molecule has 3 nitrogen and oxygen atoms in total. The lowest BCUT2D eigenvalue weighted by Gasteiger charge is -2.35. The van der Waals surface area contributed by atoms with Crippen LogP contribution in [0.4, 0.5) is 0 Å². The van der Waals surface area contributed by atoms with Crippen LogP contribution in [-0.2, 0) is 9.47 Å². The van der Waals surface area contributed by atoms with E-state index in [0.717, 1.165) is 32.3 Å². The van der Waals surface area contributed by atoms with Gasteiger partial charge < -0.3 is 14.6 Å². The number of hydrogen-bond acceptors (Lipinski definition) is 3. The topological polar surface area (TPSA) is 38.7 Å². The molecule has 0 amide bonds. The normalized spacial score (nSPS) is 32.1. The molecule has 1 atom stereocenters. The van der Waals surface area contributed by atoms with Gasteiger partial charge in [0.05, 0.1) is 11.7 Å². The van der Waals surface area contributed by atoms with E-state index < -0.39 is 5.79 Å². The maximum Gasteiger partial charge on any atom is 0.160 e. The zero-order chi connectivity index (χ0) is 9.53. The molecule has 2 aliphatic rings. The van der Waals surface area contributed by atoms with Gasteiger partial charge in [-0.25, -0.2) is 0 Å². The SMILES string of the molecule is CC(C)(O)O[C@H]1CCCOC12CC2. The molecule has 1 heterocycles. The zero-order valence-corrected chi connectivity index (χ0v) is 8.38. The maximum atomic E-state index is 9.55. The monoisotopic (exact) mass is 186 g/mol. The lowest BCUT2D eigenvalue weighted by atomic mass is 10.0. The van der Waals surface area contributed by atoms with Crippen LogP contribution in [0.3, 0.4) is 0 Å². The fourth-order valence-electron chi connectivity index (χ4n) is 2.00. The predicted molar refractivity (Wildman–Crippen MR) is 48.3 cm³/mol. The molecule has 0 aromatic carbocycles. The fourth-order valence-corrected chi connectivity index (χ4v) is 2.00. The fraction of sp³-hybridized carbons (Fsp3) is 1.00. The van der Waals surface area contributed by atoms with Crippen LogP contribution in [0.2, 0.25) is 0 Å². The summed E-state index contributed by atoms with van der Waals surface area (Å²) in [5, 5.41) is 9.55. The lowest BCUT2D eigenvalue weighted by molar-refractivity contribution is -0.247. The van der Waals surface area contributed by atoms with Gasteiger partial charge in [-0.15, -0.1) is 0 Å². The summed E-state index contributed by atoms with van der Waals surface area (Å²) in [7, 11) is 0. The summed E-state index contributed by atoms with van der Waals surface area (Å²) in [4.78, 5) is 0. The number of hydrogen-bond donors (Lipinski definition) is 1. The van der Waals surface area contributed by atoms with Crippen molar-refractivity contribution in [1.29, 1.82) is 0 Å². The second-order valence-electron chi connectivity index (χ2n) is 4.61. The van der Waals surface area contributed by atoms with E-state index in [1.165, 1.54) is 0 Å². The van der Waals surface area contributed by atoms with Crippen LogP contribution < -0.4 is 0 Å². The minimum Gasteiger partial charge on any atom is -0.372 e. The largest absolute Gasteiger partial charge is 0.372 e. The minimum absolute atomic E-state index is 0.0295. The van der Waals surface area contributed by atoms with Crippen LogP contribution in [0.15, 0.2) is 0 Å². The number of rotatable bonds is 2. The Labute approximate surface area is 79.0 Å². The lowest BCUT2D eigenvalue weighted by Crippen LogP contribution is -2.43. The first-order valence-corrected chi connectivity index (χ1v) is 5.06. The Morgan fingerprint density at radius 2 is 2.15 bits per heavy atom. The van der Waals surface area contributed by atoms with Crippen molar-refractivity contribution >= 4 is 0 Å². The van der Waals surface area contributed by atoms with Crippen molar-refractivity contribution in [3.63, 3.8) is 0 Å². The van der Waals surface area contributed by atoms with E-state index in [4.69, 9.17) is 9.47 Å². The third-order valence-electron chi connectivity index (χ3n) is 2.76. The van der Waals surface area contributed by atoms with Gasteiger partial charge in [0, 0.05) is 6.61 Å². The summed E-state index contributed by atoms with van der Waals surface area (Å²) in [6, 6.07) is 0. The van der Waals surface area contributed by atoms with Crippen LogP contribution >= 0.6 is 0 Å². The van der Waals surface area contributed by atoms with Crippen LogP contribution in [-0.4, -0.2) is 29.2 Å². The van der Waals surface area contributed by atoms with Crippen LogP contribution in [0, 0.1) is 0 Å². The van der Waals surface area contributed by atoms with Crippen LogP contribution in [0.5, 0.6) is 0 Å². The van der Waals surface area contributed by atoms with Gasteiger partial charge in [-0.05, 0) is 39.5 Å². The maximum absolute atomic E-state index is 9.55. The molecule has 1 aliphatic carbocycles. The van der Waals surface area contributed by atoms with Crippen molar-refractivity contribution in [3.05, 3.63) is 0 Å². The molecule has 3 heteroatoms. The molecule has 1 spiro atoms. The van der Waals surface area contributed by atoms with Gasteiger partial charge in [0.1, 0.15) is 0 Å². The highest BCUT2D eigenvalue weighted by molar-refractivity contribution is 5.04. The van der Waals surface area contributed by atoms with Gasteiger partial charge in [0.25, 0.3) is 0 Å². The Morgan fingerprint density at radius 1 is 1.46 bits per heavy atom. The third kappa shape index (κ3) is 2.03. The Balaban J connectivity index is 1.97. The quantitative estimate of drug-likeness (QED) is 0.663. The van der Waals surface area contributed by atoms with E-state index in [0.29, 0.717) is 0 Å². The Kier molecular flexibility index (Phi) is 2.13. The van der Waals surface area contributed by atoms with Crippen molar-refractivity contribution in [2.24, 2.45) is 0 Å². The number of aliphatic hydroxyl groups is 1. The van der Waals surface area contributed by atoms with Crippen molar-refractivity contribution in [3.8, 4) is 0 Å². The molecule has 0 unspecified atom stereocenters. The van der Waals surface area contributed by atoms with E-state index in [2.05, 4.69) is 0 Å². The predicted octanol–water partition coefficient (Wildman–Crippen LogP) is 1.44. The van der Waals surface area contributed by atoms with Gasteiger partial charge >= 0.3 is 0 Å². The molecule has 1 N–H and O–H groups in total. The molecule has 1 saturated heterocycles.